The van der Waals surface area contributed by atoms with Gasteiger partial charge in [-0.05, 0) is 31.4 Å². The molecule has 2 fully saturated rings. The van der Waals surface area contributed by atoms with Gasteiger partial charge in [-0.1, -0.05) is 12.1 Å². The summed E-state index contributed by atoms with van der Waals surface area (Å²) in [4.78, 5) is 39.5. The van der Waals surface area contributed by atoms with Crippen molar-refractivity contribution >= 4 is 29.1 Å². The van der Waals surface area contributed by atoms with Crippen molar-refractivity contribution in [3.05, 3.63) is 24.3 Å². The highest BCUT2D eigenvalue weighted by atomic mass is 16.2. The predicted octanol–water partition coefficient (Wildman–Crippen LogP) is 2.01. The summed E-state index contributed by atoms with van der Waals surface area (Å²) in [5, 5.41) is 2.99. The monoisotopic (exact) mass is 329 g/mol. The minimum Gasteiger partial charge on any atom is -0.343 e. The summed E-state index contributed by atoms with van der Waals surface area (Å²) in [6, 6.07) is 7.45. The summed E-state index contributed by atoms with van der Waals surface area (Å²) in [5.74, 6) is 0.0402. The van der Waals surface area contributed by atoms with Crippen molar-refractivity contribution in [2.24, 2.45) is 5.92 Å². The van der Waals surface area contributed by atoms with E-state index in [1.54, 1.807) is 16.7 Å². The van der Waals surface area contributed by atoms with Crippen LogP contribution in [0.4, 0.5) is 11.4 Å². The van der Waals surface area contributed by atoms with Gasteiger partial charge in [0, 0.05) is 38.9 Å². The van der Waals surface area contributed by atoms with Gasteiger partial charge in [-0.2, -0.15) is 0 Å². The molecule has 0 aliphatic carbocycles. The van der Waals surface area contributed by atoms with E-state index in [9.17, 15) is 14.4 Å². The Morgan fingerprint density at radius 1 is 1.12 bits per heavy atom. The highest BCUT2D eigenvalue weighted by Gasteiger charge is 2.28. The Morgan fingerprint density at radius 2 is 1.83 bits per heavy atom. The van der Waals surface area contributed by atoms with E-state index in [0.29, 0.717) is 44.6 Å². The van der Waals surface area contributed by atoms with Crippen LogP contribution in [0.15, 0.2) is 24.3 Å². The van der Waals surface area contributed by atoms with Gasteiger partial charge in [0.05, 0.1) is 11.4 Å². The Bertz CT molecular complexity index is 651. The van der Waals surface area contributed by atoms with Gasteiger partial charge in [0.1, 0.15) is 0 Å². The lowest BCUT2D eigenvalue weighted by Crippen LogP contribution is -2.40. The van der Waals surface area contributed by atoms with Crippen LogP contribution in [-0.4, -0.2) is 42.3 Å². The zero-order valence-electron chi connectivity index (χ0n) is 14.0. The lowest BCUT2D eigenvalue weighted by Gasteiger charge is -2.30. The van der Waals surface area contributed by atoms with Gasteiger partial charge in [0.15, 0.2) is 0 Å². The zero-order chi connectivity index (χ0) is 17.1. The molecule has 0 aromatic heterocycles. The van der Waals surface area contributed by atoms with Crippen LogP contribution >= 0.6 is 0 Å². The number of amides is 3. The molecule has 0 radical (unpaired) electrons. The number of benzene rings is 1. The van der Waals surface area contributed by atoms with E-state index in [1.165, 1.54) is 0 Å². The van der Waals surface area contributed by atoms with Crippen molar-refractivity contribution in [3.63, 3.8) is 0 Å². The van der Waals surface area contributed by atoms with E-state index in [-0.39, 0.29) is 23.6 Å². The minimum atomic E-state index is -0.0945. The number of hydrogen-bond donors (Lipinski definition) is 1. The number of carbonyl (C=O) groups is 3. The maximum Gasteiger partial charge on any atom is 0.227 e. The number of nitrogens with one attached hydrogen (secondary N) is 1. The smallest absolute Gasteiger partial charge is 0.227 e. The lowest BCUT2D eigenvalue weighted by molar-refractivity contribution is -0.132. The molecule has 3 rings (SSSR count). The van der Waals surface area contributed by atoms with E-state index < -0.39 is 0 Å². The average molecular weight is 329 g/mol. The fourth-order valence-corrected chi connectivity index (χ4v) is 3.41. The van der Waals surface area contributed by atoms with Crippen molar-refractivity contribution in [1.82, 2.24) is 4.90 Å². The van der Waals surface area contributed by atoms with Crippen molar-refractivity contribution in [3.8, 4) is 0 Å². The molecule has 128 valence electrons. The van der Waals surface area contributed by atoms with E-state index in [0.717, 1.165) is 12.1 Å². The molecular weight excluding hydrogens is 306 g/mol. The quantitative estimate of drug-likeness (QED) is 0.922. The maximum atomic E-state index is 12.6. The predicted molar refractivity (Wildman–Crippen MR) is 91.6 cm³/mol. The molecule has 6 nitrogen and oxygen atoms in total. The first kappa shape index (κ1) is 16.5. The SMILES string of the molecule is CC(=O)N1CCC(C(=O)Nc2ccccc2N2CCCC2=O)CC1. The molecule has 2 aliphatic rings. The molecule has 3 amide bonds. The Labute approximate surface area is 141 Å². The van der Waals surface area contributed by atoms with Gasteiger partial charge < -0.3 is 15.1 Å². The molecule has 0 atom stereocenters. The third-order valence-electron chi connectivity index (χ3n) is 4.84. The number of likely N-dealkylation sites (tertiary alicyclic amines) is 1. The Kier molecular flexibility index (Phi) is 4.83. The number of nitrogens with zero attached hydrogens (tertiary/aromatic N) is 2. The number of hydrogen-bond acceptors (Lipinski definition) is 3. The number of carbonyl (C=O) groups excluding carboxylic acids is 3. The lowest BCUT2D eigenvalue weighted by atomic mass is 9.95. The van der Waals surface area contributed by atoms with Gasteiger partial charge in [0.25, 0.3) is 0 Å². The molecule has 2 heterocycles. The van der Waals surface area contributed by atoms with Crippen LogP contribution in [-0.2, 0) is 14.4 Å². The second kappa shape index (κ2) is 7.03. The van der Waals surface area contributed by atoms with E-state index in [1.807, 2.05) is 24.3 Å². The minimum absolute atomic E-state index is 0.0303. The van der Waals surface area contributed by atoms with Crippen LogP contribution in [0.3, 0.4) is 0 Å². The van der Waals surface area contributed by atoms with E-state index in [4.69, 9.17) is 0 Å². The van der Waals surface area contributed by atoms with Crippen molar-refractivity contribution in [2.75, 3.05) is 29.9 Å². The van der Waals surface area contributed by atoms with E-state index in [2.05, 4.69) is 5.32 Å². The summed E-state index contributed by atoms with van der Waals surface area (Å²) in [6.07, 6.45) is 2.77. The normalized spacial score (nSPS) is 18.8. The number of piperidine rings is 1. The van der Waals surface area contributed by atoms with Gasteiger partial charge in [-0.25, -0.2) is 0 Å². The first-order valence-electron chi connectivity index (χ1n) is 8.52. The topological polar surface area (TPSA) is 69.7 Å². The Morgan fingerprint density at radius 3 is 2.46 bits per heavy atom. The van der Waals surface area contributed by atoms with Gasteiger partial charge in [0.2, 0.25) is 17.7 Å². The highest BCUT2D eigenvalue weighted by molar-refractivity contribution is 6.02. The molecular formula is C18H23N3O3. The second-order valence-electron chi connectivity index (χ2n) is 6.44. The molecule has 2 aliphatic heterocycles. The molecule has 1 aromatic carbocycles. The third-order valence-corrected chi connectivity index (χ3v) is 4.84. The molecule has 6 heteroatoms. The zero-order valence-corrected chi connectivity index (χ0v) is 14.0. The first-order chi connectivity index (χ1) is 11.6. The summed E-state index contributed by atoms with van der Waals surface area (Å²) in [5.41, 5.74) is 1.46. The highest BCUT2D eigenvalue weighted by Crippen LogP contribution is 2.30. The standard InChI is InChI=1S/C18H23N3O3/c1-13(22)20-11-8-14(9-12-20)18(24)19-15-5-2-3-6-16(15)21-10-4-7-17(21)23/h2-3,5-6,14H,4,7-12H2,1H3,(H,19,24). The van der Waals surface area contributed by atoms with Crippen molar-refractivity contribution in [2.45, 2.75) is 32.6 Å². The second-order valence-corrected chi connectivity index (χ2v) is 6.44. The fraction of sp³-hybridized carbons (Fsp3) is 0.500. The molecule has 24 heavy (non-hydrogen) atoms. The van der Waals surface area contributed by atoms with Crippen LogP contribution < -0.4 is 10.2 Å². The number of anilines is 2. The molecule has 0 spiro atoms. The van der Waals surface area contributed by atoms with Crippen LogP contribution in [0.1, 0.15) is 32.6 Å². The van der Waals surface area contributed by atoms with Crippen molar-refractivity contribution < 1.29 is 14.4 Å². The number of para-hydroxylation sites is 2. The Hall–Kier alpha value is -2.37. The molecule has 0 bridgehead atoms. The van der Waals surface area contributed by atoms with Crippen molar-refractivity contribution in [1.29, 1.82) is 0 Å². The summed E-state index contributed by atoms with van der Waals surface area (Å²) >= 11 is 0. The Balaban J connectivity index is 1.67. The van der Waals surface area contributed by atoms with Crippen LogP contribution in [0.25, 0.3) is 0 Å². The average Bonchev–Trinajstić information content (AvgIpc) is 3.01. The summed E-state index contributed by atoms with van der Waals surface area (Å²) < 4.78 is 0. The molecule has 1 N–H and O–H groups in total. The first-order valence-corrected chi connectivity index (χ1v) is 8.52. The van der Waals surface area contributed by atoms with Crippen LogP contribution in [0.2, 0.25) is 0 Å². The van der Waals surface area contributed by atoms with Gasteiger partial charge in [-0.15, -0.1) is 0 Å². The van der Waals surface area contributed by atoms with E-state index >= 15 is 0 Å². The molecule has 2 saturated heterocycles. The molecule has 1 aromatic rings. The fourth-order valence-electron chi connectivity index (χ4n) is 3.41. The largest absolute Gasteiger partial charge is 0.343 e. The van der Waals surface area contributed by atoms with Crippen LogP contribution in [0, 0.1) is 5.92 Å². The van der Waals surface area contributed by atoms with Crippen LogP contribution in [0.5, 0.6) is 0 Å². The number of rotatable bonds is 3. The van der Waals surface area contributed by atoms with Gasteiger partial charge in [-0.3, -0.25) is 14.4 Å². The van der Waals surface area contributed by atoms with Gasteiger partial charge >= 0.3 is 0 Å². The summed E-state index contributed by atoms with van der Waals surface area (Å²) in [7, 11) is 0. The summed E-state index contributed by atoms with van der Waals surface area (Å²) in [6.45, 7) is 3.51. The molecule has 0 unspecified atom stereocenters. The third kappa shape index (κ3) is 3.42. The molecule has 0 saturated carbocycles. The maximum absolute atomic E-state index is 12.6.